The van der Waals surface area contributed by atoms with E-state index in [2.05, 4.69) is 22.4 Å². The molecule has 1 saturated heterocycles. The first-order valence-electron chi connectivity index (χ1n) is 4.55. The minimum Gasteiger partial charge on any atom is -0.316 e. The van der Waals surface area contributed by atoms with Crippen molar-refractivity contribution in [2.24, 2.45) is 5.92 Å². The molecule has 0 bridgehead atoms. The third-order valence-corrected chi connectivity index (χ3v) is 2.44. The van der Waals surface area contributed by atoms with Crippen LogP contribution in [0, 0.1) is 5.92 Å². The summed E-state index contributed by atoms with van der Waals surface area (Å²) in [4.78, 5) is 4.00. The van der Waals surface area contributed by atoms with Crippen LogP contribution in [-0.4, -0.2) is 18.1 Å². The highest BCUT2D eigenvalue weighted by Gasteiger charge is 2.14. The van der Waals surface area contributed by atoms with Gasteiger partial charge in [0.05, 0.1) is 0 Å². The van der Waals surface area contributed by atoms with E-state index >= 15 is 0 Å². The average Bonchev–Trinajstić information content (AvgIpc) is 2.59. The van der Waals surface area contributed by atoms with E-state index < -0.39 is 0 Å². The van der Waals surface area contributed by atoms with Crippen LogP contribution in [0.2, 0.25) is 0 Å². The molecule has 0 aliphatic carbocycles. The van der Waals surface area contributed by atoms with Crippen molar-refractivity contribution in [3.63, 3.8) is 0 Å². The van der Waals surface area contributed by atoms with Crippen molar-refractivity contribution in [1.29, 1.82) is 0 Å². The molecule has 0 amide bonds. The maximum absolute atomic E-state index is 4.00. The summed E-state index contributed by atoms with van der Waals surface area (Å²) in [5.41, 5.74) is 1.42. The molecule has 0 radical (unpaired) electrons. The molecule has 2 nitrogen and oxygen atoms in total. The minimum atomic E-state index is 0.840. The van der Waals surface area contributed by atoms with Gasteiger partial charge in [0.15, 0.2) is 0 Å². The lowest BCUT2D eigenvalue weighted by Crippen LogP contribution is -2.10. The Morgan fingerprint density at radius 2 is 2.25 bits per heavy atom. The van der Waals surface area contributed by atoms with Gasteiger partial charge >= 0.3 is 0 Å². The third-order valence-electron chi connectivity index (χ3n) is 2.44. The molecule has 1 unspecified atom stereocenters. The quantitative estimate of drug-likeness (QED) is 0.707. The van der Waals surface area contributed by atoms with Crippen molar-refractivity contribution >= 4 is 0 Å². The lowest BCUT2D eigenvalue weighted by molar-refractivity contribution is 0.580. The molecule has 1 aromatic heterocycles. The van der Waals surface area contributed by atoms with Gasteiger partial charge in [-0.05, 0) is 49.5 Å². The largest absolute Gasteiger partial charge is 0.316 e. The van der Waals surface area contributed by atoms with Crippen LogP contribution in [0.15, 0.2) is 24.5 Å². The third kappa shape index (κ3) is 1.83. The number of aromatic nitrogens is 1. The van der Waals surface area contributed by atoms with E-state index in [1.165, 1.54) is 31.5 Å². The van der Waals surface area contributed by atoms with Crippen LogP contribution in [-0.2, 0) is 6.42 Å². The lowest BCUT2D eigenvalue weighted by Gasteiger charge is -2.06. The predicted molar refractivity (Wildman–Crippen MR) is 48.9 cm³/mol. The summed E-state index contributed by atoms with van der Waals surface area (Å²) in [6.45, 7) is 2.37. The smallest absolute Gasteiger partial charge is 0.0270 e. The monoisotopic (exact) mass is 162 g/mol. The second kappa shape index (κ2) is 3.68. The molecule has 1 aromatic rings. The maximum atomic E-state index is 4.00. The zero-order valence-electron chi connectivity index (χ0n) is 7.16. The fourth-order valence-electron chi connectivity index (χ4n) is 1.74. The second-order valence-corrected chi connectivity index (χ2v) is 3.42. The van der Waals surface area contributed by atoms with E-state index in [1.807, 2.05) is 12.4 Å². The van der Waals surface area contributed by atoms with Crippen molar-refractivity contribution in [2.45, 2.75) is 12.8 Å². The number of nitrogens with zero attached hydrogens (tertiary/aromatic N) is 1. The first-order valence-corrected chi connectivity index (χ1v) is 4.55. The zero-order chi connectivity index (χ0) is 8.23. The highest BCUT2D eigenvalue weighted by Crippen LogP contribution is 2.13. The van der Waals surface area contributed by atoms with Crippen LogP contribution < -0.4 is 5.32 Å². The van der Waals surface area contributed by atoms with Crippen molar-refractivity contribution in [1.82, 2.24) is 10.3 Å². The summed E-state index contributed by atoms with van der Waals surface area (Å²) in [5.74, 6) is 0.840. The maximum Gasteiger partial charge on any atom is 0.0270 e. The van der Waals surface area contributed by atoms with Crippen LogP contribution in [0.25, 0.3) is 0 Å². The molecule has 12 heavy (non-hydrogen) atoms. The SMILES string of the molecule is c1cc(CC2CCNC2)ccn1. The Morgan fingerprint density at radius 1 is 1.42 bits per heavy atom. The highest BCUT2D eigenvalue weighted by atomic mass is 14.9. The van der Waals surface area contributed by atoms with Crippen LogP contribution in [0.5, 0.6) is 0 Å². The van der Waals surface area contributed by atoms with Gasteiger partial charge in [-0.25, -0.2) is 0 Å². The molecule has 1 N–H and O–H groups in total. The number of hydrogen-bond acceptors (Lipinski definition) is 2. The molecule has 1 aliphatic heterocycles. The zero-order valence-corrected chi connectivity index (χ0v) is 7.16. The highest BCUT2D eigenvalue weighted by molar-refractivity contribution is 5.10. The Bertz CT molecular complexity index is 227. The molecule has 2 heteroatoms. The van der Waals surface area contributed by atoms with E-state index in [9.17, 15) is 0 Å². The van der Waals surface area contributed by atoms with Gasteiger partial charge in [0, 0.05) is 12.4 Å². The summed E-state index contributed by atoms with van der Waals surface area (Å²) in [7, 11) is 0. The number of pyridine rings is 1. The Labute approximate surface area is 73.0 Å². The Morgan fingerprint density at radius 3 is 2.92 bits per heavy atom. The average molecular weight is 162 g/mol. The van der Waals surface area contributed by atoms with E-state index in [-0.39, 0.29) is 0 Å². The predicted octanol–water partition coefficient (Wildman–Crippen LogP) is 1.23. The fraction of sp³-hybridized carbons (Fsp3) is 0.500. The van der Waals surface area contributed by atoms with Gasteiger partial charge in [-0.2, -0.15) is 0 Å². The first-order chi connectivity index (χ1) is 5.95. The van der Waals surface area contributed by atoms with Gasteiger partial charge in [0.25, 0.3) is 0 Å². The van der Waals surface area contributed by atoms with Crippen molar-refractivity contribution in [3.8, 4) is 0 Å². The molecular formula is C10H14N2. The summed E-state index contributed by atoms with van der Waals surface area (Å²) in [6, 6.07) is 4.22. The molecule has 0 aromatic carbocycles. The van der Waals surface area contributed by atoms with Gasteiger partial charge in [0.1, 0.15) is 0 Å². The standard InChI is InChI=1S/C10H14N2/c1-4-11-5-2-9(1)7-10-3-6-12-8-10/h1-2,4-5,10,12H,3,6-8H2. The molecule has 2 heterocycles. The summed E-state index contributed by atoms with van der Waals surface area (Å²) in [6.07, 6.45) is 6.27. The van der Waals surface area contributed by atoms with Crippen LogP contribution in [0.4, 0.5) is 0 Å². The summed E-state index contributed by atoms with van der Waals surface area (Å²) < 4.78 is 0. The van der Waals surface area contributed by atoms with E-state index in [4.69, 9.17) is 0 Å². The van der Waals surface area contributed by atoms with Crippen molar-refractivity contribution in [2.75, 3.05) is 13.1 Å². The van der Waals surface area contributed by atoms with Crippen LogP contribution in [0.1, 0.15) is 12.0 Å². The molecule has 1 atom stereocenters. The molecule has 1 fully saturated rings. The van der Waals surface area contributed by atoms with Crippen molar-refractivity contribution in [3.05, 3.63) is 30.1 Å². The Hall–Kier alpha value is -0.890. The van der Waals surface area contributed by atoms with Crippen molar-refractivity contribution < 1.29 is 0 Å². The molecule has 1 aliphatic rings. The lowest BCUT2D eigenvalue weighted by atomic mass is 10.00. The van der Waals surface area contributed by atoms with Gasteiger partial charge < -0.3 is 5.32 Å². The van der Waals surface area contributed by atoms with E-state index in [0.29, 0.717) is 0 Å². The normalized spacial score (nSPS) is 22.8. The molecular weight excluding hydrogens is 148 g/mol. The van der Waals surface area contributed by atoms with Gasteiger partial charge in [-0.3, -0.25) is 4.98 Å². The number of rotatable bonds is 2. The molecule has 0 saturated carbocycles. The molecule has 0 spiro atoms. The van der Waals surface area contributed by atoms with Gasteiger partial charge in [-0.15, -0.1) is 0 Å². The summed E-state index contributed by atoms with van der Waals surface area (Å²) >= 11 is 0. The van der Waals surface area contributed by atoms with Crippen LogP contribution in [0.3, 0.4) is 0 Å². The minimum absolute atomic E-state index is 0.840. The van der Waals surface area contributed by atoms with Crippen LogP contribution >= 0.6 is 0 Å². The second-order valence-electron chi connectivity index (χ2n) is 3.42. The Kier molecular flexibility index (Phi) is 2.37. The molecule has 64 valence electrons. The molecule has 2 rings (SSSR count). The van der Waals surface area contributed by atoms with Gasteiger partial charge in [-0.1, -0.05) is 0 Å². The summed E-state index contributed by atoms with van der Waals surface area (Å²) in [5, 5.41) is 3.38. The first kappa shape index (κ1) is 7.74. The van der Waals surface area contributed by atoms with E-state index in [1.54, 1.807) is 0 Å². The van der Waals surface area contributed by atoms with Gasteiger partial charge in [0.2, 0.25) is 0 Å². The number of hydrogen-bond donors (Lipinski definition) is 1. The number of nitrogens with one attached hydrogen (secondary N) is 1. The topological polar surface area (TPSA) is 24.9 Å². The fourth-order valence-corrected chi connectivity index (χ4v) is 1.74. The Balaban J connectivity index is 1.94. The van der Waals surface area contributed by atoms with E-state index in [0.717, 1.165) is 5.92 Å².